The van der Waals surface area contributed by atoms with Crippen molar-refractivity contribution in [1.29, 1.82) is 0 Å². The fourth-order valence-corrected chi connectivity index (χ4v) is 9.46. The average molecular weight is 1340 g/mol. The number of carbonyl (C=O) groups excluding carboxylic acids is 11. The molecule has 0 aliphatic heterocycles. The highest BCUT2D eigenvalue weighted by Gasteiger charge is 2.34. The zero-order valence-corrected chi connectivity index (χ0v) is 54.4. The SMILES string of the molecule is C#CCOCC(COCc1cn(CCCCC(NC(=O)CCC(NC(C)=O)C(N)=O)C(N)=O)nn1)(COCc1cn(CCCCC(NC(=O)CCC(NC(C)=O)C(N)=O)C(=O)NC)nn1)COCc1cn(CCCCC(NC(=O)CCC(NC(C)=O)C(=O)O)C(=O)NC)nn1. The number of aryl methyl sites for hydroxylation is 3. The molecule has 7 atom stereocenters. The van der Waals surface area contributed by atoms with Crippen LogP contribution in [0, 0.1) is 17.8 Å². The summed E-state index contributed by atoms with van der Waals surface area (Å²) in [6.07, 6.45) is 13.6. The number of hydrogen-bond acceptors (Lipinski definition) is 22. The lowest BCUT2D eigenvalue weighted by Crippen LogP contribution is -2.47. The average Bonchev–Trinajstić information content (AvgIpc) is 1.84. The molecular weight excluding hydrogens is 1250 g/mol. The molecule has 7 unspecified atom stereocenters. The van der Waals surface area contributed by atoms with E-state index in [9.17, 15) is 62.6 Å². The van der Waals surface area contributed by atoms with Crippen molar-refractivity contribution in [3.05, 3.63) is 35.7 Å². The molecule has 0 bridgehead atoms. The monoisotopic (exact) mass is 1340 g/mol. The number of carboxylic acids is 1. The molecule has 0 aromatic carbocycles. The molecule has 0 saturated heterocycles. The standard InChI is InChI=1S/C58H92N20O17/c1-7-26-92-33-58(34-93-30-40-27-76(73-70-40)23-11-8-14-43(52(59)85)67-49(82)20-17-44(53(60)86)64-37(2)79,35-94-31-41-28-77(74-71-41)24-12-9-15-46(55(88)62-5)68-50(83)21-18-45(54(61)87)65-38(3)80)36-95-32-42-29-78(75-72-42)25-13-10-16-47(56(89)63-6)69-51(84)22-19-48(57(90)91)66-39(4)81/h1,27-29,43-48H,8-26,30-36H2,2-6H3,(H2,59,85)(H2,60,86)(H2,61,87)(H,62,88)(H,63,89)(H,64,79)(H,65,80)(H,66,81)(H,67,82)(H,68,83)(H,69,84)(H,90,91). The van der Waals surface area contributed by atoms with Gasteiger partial charge >= 0.3 is 5.97 Å². The Balaban J connectivity index is 1.68. The van der Waals surface area contributed by atoms with E-state index in [4.69, 9.17) is 42.6 Å². The third-order valence-electron chi connectivity index (χ3n) is 14.3. The summed E-state index contributed by atoms with van der Waals surface area (Å²) in [4.78, 5) is 145. The number of amides is 11. The number of likely N-dealkylation sites (N-methyl/N-ethyl adjacent to an activating group) is 2. The number of ether oxygens (including phenoxy) is 4. The van der Waals surface area contributed by atoms with E-state index < -0.39 is 113 Å². The summed E-state index contributed by atoms with van der Waals surface area (Å²) >= 11 is 0. The van der Waals surface area contributed by atoms with E-state index in [0.717, 1.165) is 0 Å². The number of primary amides is 3. The number of nitrogens with zero attached hydrogens (tertiary/aromatic N) is 9. The molecule has 95 heavy (non-hydrogen) atoms. The van der Waals surface area contributed by atoms with Gasteiger partial charge in [0.05, 0.1) is 70.3 Å². The summed E-state index contributed by atoms with van der Waals surface area (Å²) in [6.45, 7) is 4.67. The number of terminal acetylenes is 1. The topological polar surface area (TPSA) is 528 Å². The van der Waals surface area contributed by atoms with Gasteiger partial charge in [0.25, 0.3) is 0 Å². The van der Waals surface area contributed by atoms with Crippen LogP contribution >= 0.6 is 0 Å². The second-order valence-electron chi connectivity index (χ2n) is 22.6. The predicted molar refractivity (Wildman–Crippen MR) is 332 cm³/mol. The fourth-order valence-electron chi connectivity index (χ4n) is 9.46. The first-order valence-corrected chi connectivity index (χ1v) is 30.9. The number of nitrogens with one attached hydrogen (secondary N) is 8. The van der Waals surface area contributed by atoms with Crippen molar-refractivity contribution in [3.8, 4) is 12.3 Å². The largest absolute Gasteiger partial charge is 0.480 e. The molecule has 0 fully saturated rings. The lowest BCUT2D eigenvalue weighted by atomic mass is 9.92. The lowest BCUT2D eigenvalue weighted by molar-refractivity contribution is -0.142. The van der Waals surface area contributed by atoms with Gasteiger partial charge in [-0.3, -0.25) is 66.8 Å². The van der Waals surface area contributed by atoms with E-state index in [2.05, 4.69) is 79.4 Å². The van der Waals surface area contributed by atoms with Gasteiger partial charge in [0, 0.05) is 73.8 Å². The number of carboxylic acid groups (broad SMARTS) is 1. The zero-order chi connectivity index (χ0) is 70.3. The van der Waals surface area contributed by atoms with Crippen molar-refractivity contribution in [1.82, 2.24) is 87.5 Å². The molecule has 3 heterocycles. The van der Waals surface area contributed by atoms with E-state index in [1.807, 2.05) is 0 Å². The molecule has 3 rings (SSSR count). The van der Waals surface area contributed by atoms with Crippen molar-refractivity contribution in [2.45, 2.75) is 193 Å². The van der Waals surface area contributed by atoms with Crippen LogP contribution in [-0.2, 0) is 116 Å². The van der Waals surface area contributed by atoms with Gasteiger partial charge in [-0.15, -0.1) is 21.7 Å². The van der Waals surface area contributed by atoms with Crippen molar-refractivity contribution in [2.24, 2.45) is 22.6 Å². The number of unbranched alkanes of at least 4 members (excludes halogenated alkanes) is 3. The molecule has 11 amide bonds. The molecule has 0 saturated carbocycles. The number of aromatic nitrogens is 9. The van der Waals surface area contributed by atoms with Gasteiger partial charge in [0.1, 0.15) is 59.9 Å². The minimum absolute atomic E-state index is 0.000880. The molecule has 3 aromatic rings. The van der Waals surface area contributed by atoms with Crippen molar-refractivity contribution >= 4 is 70.9 Å². The number of nitrogens with two attached hydrogens (primary N) is 3. The molecule has 526 valence electrons. The van der Waals surface area contributed by atoms with Crippen LogP contribution in [0.2, 0.25) is 0 Å². The first-order valence-electron chi connectivity index (χ1n) is 30.9. The minimum Gasteiger partial charge on any atom is -0.480 e. The Hall–Kier alpha value is -9.54. The molecule has 0 aliphatic carbocycles. The minimum atomic E-state index is -1.29. The normalized spacial score (nSPS) is 13.6. The van der Waals surface area contributed by atoms with Crippen LogP contribution in [0.4, 0.5) is 0 Å². The maximum atomic E-state index is 12.8. The number of carbonyl (C=O) groups is 12. The summed E-state index contributed by atoms with van der Waals surface area (Å²) in [5.74, 6) is -5.15. The summed E-state index contributed by atoms with van der Waals surface area (Å²) in [5.41, 5.74) is 16.7. The lowest BCUT2D eigenvalue weighted by Gasteiger charge is -2.32. The van der Waals surface area contributed by atoms with Crippen LogP contribution in [0.25, 0.3) is 0 Å². The Kier molecular flexibility index (Phi) is 36.4. The number of aliphatic carboxylic acids is 1. The highest BCUT2D eigenvalue weighted by Crippen LogP contribution is 2.23. The molecule has 37 nitrogen and oxygen atoms in total. The Bertz CT molecular complexity index is 2910. The van der Waals surface area contributed by atoms with E-state index in [1.54, 1.807) is 32.6 Å². The van der Waals surface area contributed by atoms with Crippen LogP contribution < -0.4 is 59.7 Å². The van der Waals surface area contributed by atoms with Crippen molar-refractivity contribution in [3.63, 3.8) is 0 Å². The molecule has 0 spiro atoms. The second-order valence-corrected chi connectivity index (χ2v) is 22.6. The first-order chi connectivity index (χ1) is 45.2. The molecule has 0 aliphatic rings. The zero-order valence-electron chi connectivity index (χ0n) is 54.4. The van der Waals surface area contributed by atoms with E-state index >= 15 is 0 Å². The first kappa shape index (κ1) is 79.7. The highest BCUT2D eigenvalue weighted by atomic mass is 16.5. The summed E-state index contributed by atoms with van der Waals surface area (Å²) < 4.78 is 29.6. The van der Waals surface area contributed by atoms with Crippen LogP contribution in [0.5, 0.6) is 0 Å². The molecule has 3 aromatic heterocycles. The van der Waals surface area contributed by atoms with Gasteiger partial charge in [-0.2, -0.15) is 0 Å². The maximum absolute atomic E-state index is 12.8. The Morgan fingerprint density at radius 3 is 1.09 bits per heavy atom. The van der Waals surface area contributed by atoms with Gasteiger partial charge < -0.3 is 83.8 Å². The highest BCUT2D eigenvalue weighted by molar-refractivity contribution is 5.91. The van der Waals surface area contributed by atoms with Crippen LogP contribution in [0.1, 0.15) is 134 Å². The molecule has 15 N–H and O–H groups in total. The van der Waals surface area contributed by atoms with Crippen LogP contribution in [0.3, 0.4) is 0 Å². The van der Waals surface area contributed by atoms with Gasteiger partial charge in [0.2, 0.25) is 65.0 Å². The van der Waals surface area contributed by atoms with Gasteiger partial charge in [0.15, 0.2) is 0 Å². The Morgan fingerprint density at radius 1 is 0.474 bits per heavy atom. The van der Waals surface area contributed by atoms with E-state index in [0.29, 0.717) is 75.2 Å². The smallest absolute Gasteiger partial charge is 0.326 e. The van der Waals surface area contributed by atoms with Crippen LogP contribution in [0.15, 0.2) is 18.6 Å². The third kappa shape index (κ3) is 32.7. The Morgan fingerprint density at radius 2 is 0.779 bits per heavy atom. The molecule has 37 heteroatoms. The summed E-state index contributed by atoms with van der Waals surface area (Å²) in [6, 6.07) is -6.13. The van der Waals surface area contributed by atoms with Gasteiger partial charge in [-0.05, 0) is 77.0 Å². The molecule has 0 radical (unpaired) electrons. The van der Waals surface area contributed by atoms with Gasteiger partial charge in [-0.25, -0.2) is 4.79 Å². The number of hydrogen-bond donors (Lipinski definition) is 12. The Labute approximate surface area is 549 Å². The molecular formula is C58H92N20O17. The summed E-state index contributed by atoms with van der Waals surface area (Å²) in [7, 11) is 2.87. The van der Waals surface area contributed by atoms with Gasteiger partial charge in [-0.1, -0.05) is 21.6 Å². The fraction of sp³-hybridized carbons (Fsp3) is 0.655. The predicted octanol–water partition coefficient (Wildman–Crippen LogP) is -4.10. The summed E-state index contributed by atoms with van der Waals surface area (Å²) in [5, 5.41) is 54.8. The third-order valence-corrected chi connectivity index (χ3v) is 14.3. The quantitative estimate of drug-likeness (QED) is 0.0189. The number of rotatable bonds is 51. The maximum Gasteiger partial charge on any atom is 0.326 e. The van der Waals surface area contributed by atoms with Crippen LogP contribution in [-0.4, -0.2) is 204 Å². The second kappa shape index (κ2) is 43.4. The van der Waals surface area contributed by atoms with Crippen molar-refractivity contribution < 1.29 is 81.6 Å². The van der Waals surface area contributed by atoms with Crippen molar-refractivity contribution in [2.75, 3.05) is 47.1 Å². The van der Waals surface area contributed by atoms with E-state index in [-0.39, 0.29) is 111 Å². The van der Waals surface area contributed by atoms with E-state index in [1.165, 1.54) is 34.9 Å².